The van der Waals surface area contributed by atoms with Gasteiger partial charge in [-0.3, -0.25) is 0 Å². The quantitative estimate of drug-likeness (QED) is 0.582. The van der Waals surface area contributed by atoms with Crippen LogP contribution in [0.4, 0.5) is 0 Å². The van der Waals surface area contributed by atoms with E-state index in [4.69, 9.17) is 0 Å². The average molecular weight is 186 g/mol. The van der Waals surface area contributed by atoms with Crippen molar-refractivity contribution in [3.8, 4) is 0 Å². The Hall–Kier alpha value is -0.975. The zero-order valence-electron chi connectivity index (χ0n) is 9.67. The molecule has 1 aliphatic rings. The lowest BCUT2D eigenvalue weighted by atomic mass is 9.47. The molecule has 14 heavy (non-hydrogen) atoms. The zero-order chi connectivity index (χ0) is 10.6. The van der Waals surface area contributed by atoms with Crippen LogP contribution in [0.2, 0.25) is 13.6 Å². The molecule has 0 N–H and O–H groups in total. The van der Waals surface area contributed by atoms with Crippen LogP contribution in [0, 0.1) is 0 Å². The molecular formula is C13H19B. The lowest BCUT2D eigenvalue weighted by Gasteiger charge is -2.05. The molecule has 0 bridgehead atoms. The summed E-state index contributed by atoms with van der Waals surface area (Å²) in [7, 11) is 0. The van der Waals surface area contributed by atoms with Crippen LogP contribution in [-0.2, 0) is 6.42 Å². The highest BCUT2D eigenvalue weighted by Crippen LogP contribution is 2.28. The molecule has 0 spiro atoms. The fourth-order valence-electron chi connectivity index (χ4n) is 1.86. The van der Waals surface area contributed by atoms with Crippen LogP contribution in [0.15, 0.2) is 30.3 Å². The van der Waals surface area contributed by atoms with Crippen LogP contribution in [0.5, 0.6) is 0 Å². The number of hydrogen-bond donors (Lipinski definition) is 0. The molecule has 74 valence electrons. The minimum Gasteiger partial charge on any atom is -0.0851 e. The normalized spacial score (nSPS) is 12.4. The SMILES string of the molecule is CB(C)C1=CCc2ccccc21.CC. The summed E-state index contributed by atoms with van der Waals surface area (Å²) in [4.78, 5) is 0. The monoisotopic (exact) mass is 186 g/mol. The van der Waals surface area contributed by atoms with Gasteiger partial charge in [-0.15, -0.1) is 0 Å². The summed E-state index contributed by atoms with van der Waals surface area (Å²) in [5.74, 6) is 0. The van der Waals surface area contributed by atoms with Gasteiger partial charge in [-0.1, -0.05) is 63.3 Å². The van der Waals surface area contributed by atoms with Crippen molar-refractivity contribution in [3.63, 3.8) is 0 Å². The summed E-state index contributed by atoms with van der Waals surface area (Å²) in [5, 5.41) is 0. The molecule has 0 atom stereocenters. The molecule has 2 rings (SSSR count). The highest BCUT2D eigenvalue weighted by Gasteiger charge is 2.16. The molecule has 0 nitrogen and oxygen atoms in total. The summed E-state index contributed by atoms with van der Waals surface area (Å²) in [6.45, 7) is 9.18. The number of allylic oxidation sites excluding steroid dienone is 1. The first-order valence-electron chi connectivity index (χ1n) is 5.57. The molecule has 1 heteroatoms. The van der Waals surface area contributed by atoms with Crippen molar-refractivity contribution in [2.24, 2.45) is 0 Å². The average Bonchev–Trinajstić information content (AvgIpc) is 2.64. The van der Waals surface area contributed by atoms with Crippen molar-refractivity contribution < 1.29 is 0 Å². The fourth-order valence-corrected chi connectivity index (χ4v) is 1.86. The third kappa shape index (κ3) is 2.09. The predicted octanol–water partition coefficient (Wildman–Crippen LogP) is 3.95. The van der Waals surface area contributed by atoms with E-state index in [1.165, 1.54) is 16.6 Å². The first-order chi connectivity index (χ1) is 6.79. The van der Waals surface area contributed by atoms with Crippen molar-refractivity contribution in [2.75, 3.05) is 0 Å². The van der Waals surface area contributed by atoms with Crippen LogP contribution in [0.25, 0.3) is 5.47 Å². The number of benzene rings is 1. The maximum Gasteiger partial charge on any atom is 0.169 e. The summed E-state index contributed by atoms with van der Waals surface area (Å²) < 4.78 is 0. The van der Waals surface area contributed by atoms with Crippen molar-refractivity contribution in [1.82, 2.24) is 0 Å². The van der Waals surface area contributed by atoms with E-state index in [1.807, 2.05) is 13.8 Å². The van der Waals surface area contributed by atoms with E-state index in [9.17, 15) is 0 Å². The Labute approximate surface area is 88.1 Å². The number of fused-ring (bicyclic) bond motifs is 1. The molecule has 0 aliphatic heterocycles. The van der Waals surface area contributed by atoms with E-state index in [-0.39, 0.29) is 0 Å². The molecule has 0 fully saturated rings. The van der Waals surface area contributed by atoms with E-state index >= 15 is 0 Å². The van der Waals surface area contributed by atoms with Crippen LogP contribution in [-0.4, -0.2) is 6.71 Å². The second-order valence-electron chi connectivity index (χ2n) is 3.68. The van der Waals surface area contributed by atoms with Gasteiger partial charge in [-0.2, -0.15) is 0 Å². The lowest BCUT2D eigenvalue weighted by molar-refractivity contribution is 1.31. The summed E-state index contributed by atoms with van der Waals surface area (Å²) in [6.07, 6.45) is 3.49. The van der Waals surface area contributed by atoms with Crippen molar-refractivity contribution in [1.29, 1.82) is 0 Å². The molecular weight excluding hydrogens is 167 g/mol. The maximum atomic E-state index is 2.36. The van der Waals surface area contributed by atoms with Crippen LogP contribution < -0.4 is 0 Å². The predicted molar refractivity (Wildman–Crippen MR) is 67.0 cm³/mol. The Morgan fingerprint density at radius 1 is 1.07 bits per heavy atom. The van der Waals surface area contributed by atoms with Gasteiger partial charge in [-0.25, -0.2) is 0 Å². The fraction of sp³-hybridized carbons (Fsp3) is 0.385. The minimum absolute atomic E-state index is 0.661. The Morgan fingerprint density at radius 3 is 2.36 bits per heavy atom. The topological polar surface area (TPSA) is 0 Å². The third-order valence-corrected chi connectivity index (χ3v) is 2.49. The Kier molecular flexibility index (Phi) is 4.00. The van der Waals surface area contributed by atoms with E-state index in [2.05, 4.69) is 44.0 Å². The van der Waals surface area contributed by atoms with Gasteiger partial charge in [0, 0.05) is 0 Å². The molecule has 0 amide bonds. The Morgan fingerprint density at radius 2 is 1.71 bits per heavy atom. The van der Waals surface area contributed by atoms with Gasteiger partial charge >= 0.3 is 0 Å². The van der Waals surface area contributed by atoms with E-state index in [0.717, 1.165) is 6.42 Å². The maximum absolute atomic E-state index is 2.36. The van der Waals surface area contributed by atoms with Crippen molar-refractivity contribution in [3.05, 3.63) is 41.5 Å². The minimum atomic E-state index is 0.661. The third-order valence-electron chi connectivity index (χ3n) is 2.49. The number of rotatable bonds is 1. The second-order valence-corrected chi connectivity index (χ2v) is 3.68. The smallest absolute Gasteiger partial charge is 0.0851 e. The van der Waals surface area contributed by atoms with Gasteiger partial charge in [0.15, 0.2) is 6.71 Å². The second kappa shape index (κ2) is 5.04. The molecule has 0 saturated carbocycles. The molecule has 1 aliphatic carbocycles. The first kappa shape index (κ1) is 11.1. The first-order valence-corrected chi connectivity index (χ1v) is 5.57. The van der Waals surface area contributed by atoms with Crippen LogP contribution in [0.1, 0.15) is 25.0 Å². The molecule has 0 heterocycles. The van der Waals surface area contributed by atoms with E-state index in [1.54, 1.807) is 0 Å². The zero-order valence-corrected chi connectivity index (χ0v) is 9.67. The van der Waals surface area contributed by atoms with E-state index in [0.29, 0.717) is 6.71 Å². The highest BCUT2D eigenvalue weighted by molar-refractivity contribution is 6.77. The van der Waals surface area contributed by atoms with Gasteiger partial charge in [-0.05, 0) is 17.5 Å². The van der Waals surface area contributed by atoms with Gasteiger partial charge < -0.3 is 0 Å². The van der Waals surface area contributed by atoms with Crippen LogP contribution >= 0.6 is 0 Å². The summed E-state index contributed by atoms with van der Waals surface area (Å²) in [5.41, 5.74) is 4.47. The summed E-state index contributed by atoms with van der Waals surface area (Å²) >= 11 is 0. The van der Waals surface area contributed by atoms with Crippen LogP contribution in [0.3, 0.4) is 0 Å². The Bertz CT molecular complexity index is 324. The molecule has 0 radical (unpaired) electrons. The molecule has 0 aromatic heterocycles. The Balaban J connectivity index is 0.000000461. The molecule has 0 saturated heterocycles. The largest absolute Gasteiger partial charge is 0.169 e. The van der Waals surface area contributed by atoms with Gasteiger partial charge in [0.05, 0.1) is 0 Å². The van der Waals surface area contributed by atoms with Gasteiger partial charge in [0.25, 0.3) is 0 Å². The molecule has 1 aromatic carbocycles. The lowest BCUT2D eigenvalue weighted by Crippen LogP contribution is -2.02. The number of hydrogen-bond acceptors (Lipinski definition) is 0. The standard InChI is InChI=1S/C11H13B.C2H6/c1-12(2)11-8-7-9-5-3-4-6-10(9)11;1-2/h3-6,8H,7H2,1-2H3;1-2H3. The summed E-state index contributed by atoms with van der Waals surface area (Å²) in [6, 6.07) is 8.70. The highest BCUT2D eigenvalue weighted by atomic mass is 14.1. The van der Waals surface area contributed by atoms with Crippen molar-refractivity contribution >= 4 is 12.2 Å². The van der Waals surface area contributed by atoms with Crippen molar-refractivity contribution in [2.45, 2.75) is 33.9 Å². The molecule has 0 unspecified atom stereocenters. The molecule has 1 aromatic rings. The van der Waals surface area contributed by atoms with E-state index < -0.39 is 0 Å². The van der Waals surface area contributed by atoms with Gasteiger partial charge in [0.2, 0.25) is 0 Å². The van der Waals surface area contributed by atoms with Gasteiger partial charge in [0.1, 0.15) is 0 Å².